The second-order valence-electron chi connectivity index (χ2n) is 5.05. The monoisotopic (exact) mass is 289 g/mol. The topological polar surface area (TPSA) is 41.6 Å². The second kappa shape index (κ2) is 5.07. The number of benzene rings is 2. The third-order valence-corrected chi connectivity index (χ3v) is 3.56. The minimum absolute atomic E-state index is 0.260. The highest BCUT2D eigenvalue weighted by Gasteiger charge is 2.08. The highest BCUT2D eigenvalue weighted by Crippen LogP contribution is 2.24. The molecule has 4 rings (SSSR count). The molecule has 0 radical (unpaired) electrons. The predicted molar refractivity (Wildman–Crippen MR) is 84.7 cm³/mol. The van der Waals surface area contributed by atoms with Crippen LogP contribution in [0.15, 0.2) is 66.9 Å². The van der Waals surface area contributed by atoms with Crippen molar-refractivity contribution in [2.24, 2.45) is 0 Å². The van der Waals surface area contributed by atoms with Gasteiger partial charge in [-0.05, 0) is 35.9 Å². The minimum Gasteiger partial charge on any atom is -0.323 e. The first-order chi connectivity index (χ1) is 10.8. The third kappa shape index (κ3) is 2.24. The maximum Gasteiger partial charge on any atom is 0.157 e. The summed E-state index contributed by atoms with van der Waals surface area (Å²) in [4.78, 5) is 12.2. The normalized spacial score (nSPS) is 11.0. The van der Waals surface area contributed by atoms with Crippen molar-refractivity contribution in [1.82, 2.24) is 15.0 Å². The number of rotatable bonds is 2. The highest BCUT2D eigenvalue weighted by atomic mass is 19.1. The predicted octanol–water partition coefficient (Wildman–Crippen LogP) is 4.43. The average Bonchev–Trinajstić information content (AvgIpc) is 2.99. The minimum atomic E-state index is -0.260. The molecule has 0 bridgehead atoms. The van der Waals surface area contributed by atoms with Crippen LogP contribution in [-0.4, -0.2) is 15.0 Å². The molecule has 0 unspecified atom stereocenters. The third-order valence-electron chi connectivity index (χ3n) is 3.56. The van der Waals surface area contributed by atoms with Crippen LogP contribution in [0.25, 0.3) is 33.7 Å². The van der Waals surface area contributed by atoms with Crippen molar-refractivity contribution in [1.29, 1.82) is 0 Å². The molecule has 0 atom stereocenters. The molecule has 0 amide bonds. The lowest BCUT2D eigenvalue weighted by Gasteiger charge is -1.99. The first kappa shape index (κ1) is 12.7. The first-order valence-electron chi connectivity index (χ1n) is 6.97. The summed E-state index contributed by atoms with van der Waals surface area (Å²) in [6.45, 7) is 0. The number of hydrogen-bond acceptors (Lipinski definition) is 2. The van der Waals surface area contributed by atoms with E-state index in [-0.39, 0.29) is 5.82 Å². The van der Waals surface area contributed by atoms with Crippen LogP contribution in [0.3, 0.4) is 0 Å². The van der Waals surface area contributed by atoms with Crippen LogP contribution >= 0.6 is 0 Å². The second-order valence-corrected chi connectivity index (χ2v) is 5.05. The number of halogens is 1. The molecule has 0 saturated heterocycles. The zero-order valence-electron chi connectivity index (χ0n) is 11.6. The van der Waals surface area contributed by atoms with Gasteiger partial charge in [-0.25, -0.2) is 14.4 Å². The fraction of sp³-hybridized carbons (Fsp3) is 0. The van der Waals surface area contributed by atoms with Gasteiger partial charge in [0, 0.05) is 17.3 Å². The van der Waals surface area contributed by atoms with Crippen LogP contribution in [0.2, 0.25) is 0 Å². The molecule has 4 aromatic rings. The summed E-state index contributed by atoms with van der Waals surface area (Å²) in [5, 5.41) is 0. The molecule has 2 aromatic heterocycles. The number of pyridine rings is 1. The van der Waals surface area contributed by atoms with Crippen LogP contribution in [-0.2, 0) is 0 Å². The Balaban J connectivity index is 1.80. The van der Waals surface area contributed by atoms with E-state index in [9.17, 15) is 4.39 Å². The van der Waals surface area contributed by atoms with Crippen molar-refractivity contribution in [3.63, 3.8) is 0 Å². The van der Waals surface area contributed by atoms with E-state index in [2.05, 4.69) is 15.0 Å². The molecule has 106 valence electrons. The standard InChI is InChI=1S/C18H12FN3/c19-15-8-6-13(7-9-15)17-21-16-10-14(11-20-18(16)22-17)12-4-2-1-3-5-12/h1-11H,(H,20,21,22). The van der Waals surface area contributed by atoms with Crippen LogP contribution in [0.4, 0.5) is 4.39 Å². The molecular weight excluding hydrogens is 277 g/mol. The van der Waals surface area contributed by atoms with E-state index < -0.39 is 0 Å². The lowest BCUT2D eigenvalue weighted by atomic mass is 10.1. The van der Waals surface area contributed by atoms with Crippen molar-refractivity contribution in [2.45, 2.75) is 0 Å². The molecule has 0 spiro atoms. The summed E-state index contributed by atoms with van der Waals surface area (Å²) >= 11 is 0. The van der Waals surface area contributed by atoms with Crippen molar-refractivity contribution in [2.75, 3.05) is 0 Å². The molecule has 1 N–H and O–H groups in total. The largest absolute Gasteiger partial charge is 0.323 e. The van der Waals surface area contributed by atoms with E-state index in [0.717, 1.165) is 27.9 Å². The summed E-state index contributed by atoms with van der Waals surface area (Å²) in [7, 11) is 0. The Kier molecular flexibility index (Phi) is 2.93. The molecule has 3 nitrogen and oxygen atoms in total. The Morgan fingerprint density at radius 1 is 0.818 bits per heavy atom. The molecule has 0 fully saturated rings. The van der Waals surface area contributed by atoms with Gasteiger partial charge in [0.15, 0.2) is 5.65 Å². The lowest BCUT2D eigenvalue weighted by Crippen LogP contribution is -1.81. The van der Waals surface area contributed by atoms with Gasteiger partial charge in [0.05, 0.1) is 0 Å². The Hall–Kier alpha value is -3.01. The molecule has 2 heterocycles. The molecular formula is C18H12FN3. The molecule has 4 heteroatoms. The maximum absolute atomic E-state index is 13.0. The quantitative estimate of drug-likeness (QED) is 0.593. The zero-order chi connectivity index (χ0) is 14.9. The van der Waals surface area contributed by atoms with Crippen LogP contribution < -0.4 is 0 Å². The smallest absolute Gasteiger partial charge is 0.157 e. The van der Waals surface area contributed by atoms with Crippen LogP contribution in [0.5, 0.6) is 0 Å². The van der Waals surface area contributed by atoms with Gasteiger partial charge in [-0.15, -0.1) is 0 Å². The number of imidazole rings is 1. The van der Waals surface area contributed by atoms with E-state index in [4.69, 9.17) is 0 Å². The fourth-order valence-electron chi connectivity index (χ4n) is 2.43. The van der Waals surface area contributed by atoms with Gasteiger partial charge in [-0.2, -0.15) is 0 Å². The van der Waals surface area contributed by atoms with E-state index in [1.165, 1.54) is 12.1 Å². The summed E-state index contributed by atoms with van der Waals surface area (Å²) < 4.78 is 13.0. The van der Waals surface area contributed by atoms with Crippen molar-refractivity contribution >= 4 is 11.2 Å². The molecule has 0 saturated carbocycles. The Bertz CT molecular complexity index is 928. The number of H-pyrrole nitrogens is 1. The number of aromatic amines is 1. The Morgan fingerprint density at radius 2 is 1.59 bits per heavy atom. The molecule has 2 aromatic carbocycles. The van der Waals surface area contributed by atoms with Crippen molar-refractivity contribution < 1.29 is 4.39 Å². The van der Waals surface area contributed by atoms with E-state index in [1.807, 2.05) is 42.6 Å². The van der Waals surface area contributed by atoms with Gasteiger partial charge in [0.25, 0.3) is 0 Å². The van der Waals surface area contributed by atoms with Crippen LogP contribution in [0, 0.1) is 5.82 Å². The average molecular weight is 289 g/mol. The maximum atomic E-state index is 13.0. The van der Waals surface area contributed by atoms with Gasteiger partial charge in [-0.1, -0.05) is 30.3 Å². The summed E-state index contributed by atoms with van der Waals surface area (Å²) in [6.07, 6.45) is 1.82. The lowest BCUT2D eigenvalue weighted by molar-refractivity contribution is 0.628. The number of nitrogens with zero attached hydrogens (tertiary/aromatic N) is 2. The van der Waals surface area contributed by atoms with Gasteiger partial charge in [-0.3, -0.25) is 0 Å². The number of hydrogen-bond donors (Lipinski definition) is 1. The SMILES string of the molecule is Fc1ccc(-c2nc3cc(-c4ccccc4)cnc3[nH]2)cc1. The van der Waals surface area contributed by atoms with E-state index >= 15 is 0 Å². The highest BCUT2D eigenvalue weighted by molar-refractivity contribution is 5.80. The summed E-state index contributed by atoms with van der Waals surface area (Å²) in [5.74, 6) is 0.428. The molecule has 22 heavy (non-hydrogen) atoms. The van der Waals surface area contributed by atoms with Crippen molar-refractivity contribution in [3.8, 4) is 22.5 Å². The fourth-order valence-corrected chi connectivity index (χ4v) is 2.43. The van der Waals surface area contributed by atoms with Gasteiger partial charge in [0.2, 0.25) is 0 Å². The molecule has 0 aliphatic carbocycles. The number of nitrogens with one attached hydrogen (secondary N) is 1. The number of aromatic nitrogens is 3. The Morgan fingerprint density at radius 3 is 2.36 bits per heavy atom. The Labute approximate surface area is 126 Å². The van der Waals surface area contributed by atoms with Crippen LogP contribution in [0.1, 0.15) is 0 Å². The summed E-state index contributed by atoms with van der Waals surface area (Å²) in [5.41, 5.74) is 4.47. The van der Waals surface area contributed by atoms with Crippen molar-refractivity contribution in [3.05, 3.63) is 72.7 Å². The summed E-state index contributed by atoms with van der Waals surface area (Å²) in [6, 6.07) is 18.3. The molecule has 0 aliphatic heterocycles. The van der Waals surface area contributed by atoms with Gasteiger partial charge < -0.3 is 4.98 Å². The van der Waals surface area contributed by atoms with Gasteiger partial charge in [0.1, 0.15) is 17.2 Å². The van der Waals surface area contributed by atoms with Gasteiger partial charge >= 0.3 is 0 Å². The van der Waals surface area contributed by atoms with E-state index in [0.29, 0.717) is 5.82 Å². The number of fused-ring (bicyclic) bond motifs is 1. The van der Waals surface area contributed by atoms with E-state index in [1.54, 1.807) is 12.1 Å². The zero-order valence-corrected chi connectivity index (χ0v) is 11.6. The molecule has 0 aliphatic rings. The first-order valence-corrected chi connectivity index (χ1v) is 6.97.